The molecular weight excluding hydrogens is 260 g/mol. The highest BCUT2D eigenvalue weighted by Crippen LogP contribution is 2.22. The van der Waals surface area contributed by atoms with Gasteiger partial charge in [-0.1, -0.05) is 23.7 Å². The van der Waals surface area contributed by atoms with Crippen LogP contribution in [0.25, 0.3) is 0 Å². The summed E-state index contributed by atoms with van der Waals surface area (Å²) in [5, 5.41) is 0.688. The van der Waals surface area contributed by atoms with Crippen molar-refractivity contribution in [2.24, 2.45) is 5.84 Å². The van der Waals surface area contributed by atoms with Crippen molar-refractivity contribution in [3.8, 4) is 0 Å². The van der Waals surface area contributed by atoms with Gasteiger partial charge in [-0.15, -0.1) is 0 Å². The van der Waals surface area contributed by atoms with E-state index in [0.717, 1.165) is 11.1 Å². The van der Waals surface area contributed by atoms with Gasteiger partial charge in [0.1, 0.15) is 9.84 Å². The summed E-state index contributed by atoms with van der Waals surface area (Å²) in [5.41, 5.74) is 4.52. The lowest BCUT2D eigenvalue weighted by atomic mass is 10.0. The van der Waals surface area contributed by atoms with Gasteiger partial charge >= 0.3 is 0 Å². The van der Waals surface area contributed by atoms with Gasteiger partial charge < -0.3 is 0 Å². The third kappa shape index (κ3) is 4.63. The van der Waals surface area contributed by atoms with Crippen LogP contribution in [0.1, 0.15) is 23.6 Å². The summed E-state index contributed by atoms with van der Waals surface area (Å²) in [7, 11) is -2.98. The van der Waals surface area contributed by atoms with Gasteiger partial charge in [0.05, 0.1) is 5.75 Å². The monoisotopic (exact) mass is 276 g/mol. The molecular formula is C11H17ClN2O2S. The number of benzene rings is 1. The first-order chi connectivity index (χ1) is 7.83. The predicted octanol–water partition coefficient (Wildman–Crippen LogP) is 1.59. The molecule has 1 unspecified atom stereocenters. The molecule has 1 aromatic carbocycles. The Morgan fingerprint density at radius 3 is 2.59 bits per heavy atom. The molecule has 0 saturated heterocycles. The van der Waals surface area contributed by atoms with Crippen LogP contribution in [0.3, 0.4) is 0 Å². The highest BCUT2D eigenvalue weighted by atomic mass is 35.5. The Labute approximate surface area is 107 Å². The van der Waals surface area contributed by atoms with Crippen molar-refractivity contribution in [1.82, 2.24) is 5.43 Å². The average molecular weight is 277 g/mol. The normalized spacial score (nSPS) is 13.6. The summed E-state index contributed by atoms with van der Waals surface area (Å²) in [6.07, 6.45) is 1.66. The Hall–Kier alpha value is -0.620. The molecule has 3 N–H and O–H groups in total. The van der Waals surface area contributed by atoms with Crippen molar-refractivity contribution < 1.29 is 8.42 Å². The quantitative estimate of drug-likeness (QED) is 0.633. The van der Waals surface area contributed by atoms with Crippen LogP contribution >= 0.6 is 11.6 Å². The molecule has 0 saturated carbocycles. The van der Waals surface area contributed by atoms with Gasteiger partial charge in [-0.05, 0) is 30.5 Å². The first kappa shape index (κ1) is 14.4. The van der Waals surface area contributed by atoms with Gasteiger partial charge in [-0.3, -0.25) is 11.3 Å². The molecule has 96 valence electrons. The third-order valence-electron chi connectivity index (χ3n) is 2.56. The van der Waals surface area contributed by atoms with Gasteiger partial charge in [0.25, 0.3) is 0 Å². The fraction of sp³-hybridized carbons (Fsp3) is 0.455. The average Bonchev–Trinajstić information content (AvgIpc) is 2.22. The lowest BCUT2D eigenvalue weighted by molar-refractivity contribution is 0.531. The van der Waals surface area contributed by atoms with Crippen LogP contribution in [0.15, 0.2) is 18.2 Å². The second-order valence-electron chi connectivity index (χ2n) is 4.15. The molecule has 0 heterocycles. The number of sulfone groups is 1. The number of hydrazine groups is 1. The van der Waals surface area contributed by atoms with Crippen LogP contribution in [0.5, 0.6) is 0 Å². The standard InChI is InChI=1S/C11H17ClN2O2S/c1-8-7-9(3-4-10(8)12)11(14-13)5-6-17(2,15)16/h3-4,7,11,14H,5-6,13H2,1-2H3. The first-order valence-corrected chi connectivity index (χ1v) is 7.67. The van der Waals surface area contributed by atoms with E-state index in [1.54, 1.807) is 6.07 Å². The summed E-state index contributed by atoms with van der Waals surface area (Å²) < 4.78 is 22.2. The number of nitrogens with two attached hydrogens (primary N) is 1. The molecule has 0 spiro atoms. The third-order valence-corrected chi connectivity index (χ3v) is 3.96. The minimum absolute atomic E-state index is 0.101. The van der Waals surface area contributed by atoms with Crippen molar-refractivity contribution >= 4 is 21.4 Å². The van der Waals surface area contributed by atoms with Gasteiger partial charge in [-0.25, -0.2) is 8.42 Å². The zero-order valence-corrected chi connectivity index (χ0v) is 11.5. The summed E-state index contributed by atoms with van der Waals surface area (Å²) in [6, 6.07) is 5.37. The number of halogens is 1. The van der Waals surface area contributed by atoms with E-state index in [-0.39, 0.29) is 11.8 Å². The number of nitrogens with one attached hydrogen (secondary N) is 1. The van der Waals surface area contributed by atoms with Crippen LogP contribution in [0.4, 0.5) is 0 Å². The number of hydrogen-bond donors (Lipinski definition) is 2. The maximum absolute atomic E-state index is 11.1. The van der Waals surface area contributed by atoms with Crippen LogP contribution in [0, 0.1) is 6.92 Å². The van der Waals surface area contributed by atoms with E-state index in [4.69, 9.17) is 17.4 Å². The van der Waals surface area contributed by atoms with E-state index in [9.17, 15) is 8.42 Å². The minimum Gasteiger partial charge on any atom is -0.271 e. The van der Waals surface area contributed by atoms with Crippen molar-refractivity contribution in [3.63, 3.8) is 0 Å². The maximum atomic E-state index is 11.1. The van der Waals surface area contributed by atoms with Crippen molar-refractivity contribution in [2.75, 3.05) is 12.0 Å². The number of hydrogen-bond acceptors (Lipinski definition) is 4. The van der Waals surface area contributed by atoms with Crippen LogP contribution < -0.4 is 11.3 Å². The Balaban J connectivity index is 2.83. The first-order valence-electron chi connectivity index (χ1n) is 5.23. The second kappa shape index (κ2) is 5.82. The Kier molecular flexibility index (Phi) is 4.94. The molecule has 0 bridgehead atoms. The van der Waals surface area contributed by atoms with E-state index in [0.29, 0.717) is 11.4 Å². The number of aryl methyl sites for hydroxylation is 1. The predicted molar refractivity (Wildman–Crippen MR) is 70.6 cm³/mol. The lowest BCUT2D eigenvalue weighted by Gasteiger charge is -2.16. The molecule has 4 nitrogen and oxygen atoms in total. The molecule has 0 aliphatic rings. The summed E-state index contributed by atoms with van der Waals surface area (Å²) in [6.45, 7) is 1.90. The van der Waals surface area contributed by atoms with Crippen LogP contribution in [-0.2, 0) is 9.84 Å². The SMILES string of the molecule is Cc1cc(C(CCS(C)(=O)=O)NN)ccc1Cl. The van der Waals surface area contributed by atoms with Crippen molar-refractivity contribution in [3.05, 3.63) is 34.3 Å². The van der Waals surface area contributed by atoms with Gasteiger partial charge in [-0.2, -0.15) is 0 Å². The Bertz CT molecular complexity index is 488. The molecule has 17 heavy (non-hydrogen) atoms. The van der Waals surface area contributed by atoms with Crippen molar-refractivity contribution in [2.45, 2.75) is 19.4 Å². The van der Waals surface area contributed by atoms with E-state index >= 15 is 0 Å². The summed E-state index contributed by atoms with van der Waals surface area (Å²) in [4.78, 5) is 0. The van der Waals surface area contributed by atoms with E-state index in [1.165, 1.54) is 6.26 Å². The lowest BCUT2D eigenvalue weighted by Crippen LogP contribution is -2.29. The van der Waals surface area contributed by atoms with E-state index < -0.39 is 9.84 Å². The Morgan fingerprint density at radius 2 is 2.12 bits per heavy atom. The number of rotatable bonds is 5. The molecule has 0 fully saturated rings. The zero-order chi connectivity index (χ0) is 13.1. The molecule has 0 aromatic heterocycles. The zero-order valence-electron chi connectivity index (χ0n) is 9.90. The second-order valence-corrected chi connectivity index (χ2v) is 6.81. The van der Waals surface area contributed by atoms with E-state index in [2.05, 4.69) is 5.43 Å². The van der Waals surface area contributed by atoms with Gasteiger partial charge in [0, 0.05) is 17.3 Å². The molecule has 1 rings (SSSR count). The van der Waals surface area contributed by atoms with Gasteiger partial charge in [0.15, 0.2) is 0 Å². The topological polar surface area (TPSA) is 72.2 Å². The smallest absolute Gasteiger partial charge is 0.147 e. The van der Waals surface area contributed by atoms with E-state index in [1.807, 2.05) is 19.1 Å². The van der Waals surface area contributed by atoms with Gasteiger partial charge in [0.2, 0.25) is 0 Å². The van der Waals surface area contributed by atoms with Crippen LogP contribution in [-0.4, -0.2) is 20.4 Å². The molecule has 0 radical (unpaired) electrons. The molecule has 6 heteroatoms. The highest BCUT2D eigenvalue weighted by molar-refractivity contribution is 7.90. The molecule has 1 aromatic rings. The molecule has 0 aliphatic carbocycles. The van der Waals surface area contributed by atoms with Crippen LogP contribution in [0.2, 0.25) is 5.02 Å². The molecule has 0 amide bonds. The summed E-state index contributed by atoms with van der Waals surface area (Å²) >= 11 is 5.93. The fourth-order valence-electron chi connectivity index (χ4n) is 1.56. The molecule has 0 aliphatic heterocycles. The minimum atomic E-state index is -2.98. The largest absolute Gasteiger partial charge is 0.271 e. The highest BCUT2D eigenvalue weighted by Gasteiger charge is 2.13. The molecule has 1 atom stereocenters. The fourth-order valence-corrected chi connectivity index (χ4v) is 2.34. The van der Waals surface area contributed by atoms with Crippen molar-refractivity contribution in [1.29, 1.82) is 0 Å². The Morgan fingerprint density at radius 1 is 1.47 bits per heavy atom. The maximum Gasteiger partial charge on any atom is 0.147 e. The summed E-state index contributed by atoms with van der Waals surface area (Å²) in [5.74, 6) is 5.55.